The van der Waals surface area contributed by atoms with Crippen LogP contribution in [0.2, 0.25) is 0 Å². The number of aromatic nitrogens is 4. The molecule has 2 aromatic heterocycles. The zero-order valence-corrected chi connectivity index (χ0v) is 20.0. The fraction of sp³-hybridized carbons (Fsp3) is 0.417. The molecule has 1 saturated carbocycles. The SMILES string of the molecule is COc1cc(CNC(=O)c2cc(-c3noc(C[C@H]4CC[C@H](NC(=O)O)CC4)n3)nc(C)n2)ccc1F. The molecule has 1 fully saturated rings. The Morgan fingerprint density at radius 2 is 1.94 bits per heavy atom. The van der Waals surface area contributed by atoms with Crippen LogP contribution < -0.4 is 15.4 Å². The number of hydrogen-bond acceptors (Lipinski definition) is 8. The summed E-state index contributed by atoms with van der Waals surface area (Å²) in [6, 6.07) is 5.83. The van der Waals surface area contributed by atoms with Crippen LogP contribution in [0.15, 0.2) is 28.8 Å². The predicted octanol–water partition coefficient (Wildman–Crippen LogP) is 3.28. The number of nitrogens with zero attached hydrogens (tertiary/aromatic N) is 4. The molecule has 0 atom stereocenters. The number of aryl methyl sites for hydroxylation is 1. The van der Waals surface area contributed by atoms with E-state index in [1.54, 1.807) is 13.0 Å². The average Bonchev–Trinajstić information content (AvgIpc) is 3.32. The van der Waals surface area contributed by atoms with E-state index >= 15 is 0 Å². The summed E-state index contributed by atoms with van der Waals surface area (Å²) in [5.74, 6) is 0.605. The summed E-state index contributed by atoms with van der Waals surface area (Å²) in [6.45, 7) is 1.82. The van der Waals surface area contributed by atoms with Gasteiger partial charge in [0.05, 0.1) is 7.11 Å². The molecular formula is C24H27FN6O5. The van der Waals surface area contributed by atoms with E-state index in [1.807, 2.05) is 0 Å². The highest BCUT2D eigenvalue weighted by atomic mass is 19.1. The highest BCUT2D eigenvalue weighted by Crippen LogP contribution is 2.27. The van der Waals surface area contributed by atoms with Gasteiger partial charge in [0.15, 0.2) is 11.6 Å². The normalized spacial score (nSPS) is 17.4. The van der Waals surface area contributed by atoms with Gasteiger partial charge in [-0.1, -0.05) is 11.2 Å². The van der Waals surface area contributed by atoms with E-state index in [1.165, 1.54) is 25.3 Å². The quantitative estimate of drug-likeness (QED) is 0.425. The van der Waals surface area contributed by atoms with Crippen molar-refractivity contribution in [1.82, 2.24) is 30.7 Å². The molecule has 0 radical (unpaired) electrons. The molecule has 4 rings (SSSR count). The fourth-order valence-corrected chi connectivity index (χ4v) is 4.26. The van der Waals surface area contributed by atoms with Gasteiger partial charge < -0.3 is 25.0 Å². The Kier molecular flexibility index (Phi) is 7.71. The van der Waals surface area contributed by atoms with Crippen LogP contribution in [0.4, 0.5) is 9.18 Å². The molecule has 11 nitrogen and oxygen atoms in total. The molecule has 0 aliphatic heterocycles. The summed E-state index contributed by atoms with van der Waals surface area (Å²) in [6.07, 6.45) is 2.85. The van der Waals surface area contributed by atoms with Crippen molar-refractivity contribution >= 4 is 12.0 Å². The van der Waals surface area contributed by atoms with Crippen molar-refractivity contribution in [2.45, 2.75) is 51.6 Å². The largest absolute Gasteiger partial charge is 0.494 e. The second kappa shape index (κ2) is 11.1. The van der Waals surface area contributed by atoms with Crippen molar-refractivity contribution in [3.63, 3.8) is 0 Å². The average molecular weight is 499 g/mol. The van der Waals surface area contributed by atoms with Crippen LogP contribution in [-0.2, 0) is 13.0 Å². The highest BCUT2D eigenvalue weighted by molar-refractivity contribution is 5.93. The zero-order chi connectivity index (χ0) is 25.7. The number of carbonyl (C=O) groups excluding carboxylic acids is 1. The van der Waals surface area contributed by atoms with Crippen LogP contribution in [0.1, 0.15) is 53.5 Å². The van der Waals surface area contributed by atoms with E-state index < -0.39 is 17.8 Å². The molecule has 0 spiro atoms. The van der Waals surface area contributed by atoms with Crippen LogP contribution in [0.25, 0.3) is 11.5 Å². The second-order valence-electron chi connectivity index (χ2n) is 8.72. The van der Waals surface area contributed by atoms with Gasteiger partial charge in [-0.15, -0.1) is 0 Å². The van der Waals surface area contributed by atoms with E-state index in [4.69, 9.17) is 14.4 Å². The Labute approximate surface area is 206 Å². The topological polar surface area (TPSA) is 152 Å². The van der Waals surface area contributed by atoms with Gasteiger partial charge in [0.2, 0.25) is 11.7 Å². The van der Waals surface area contributed by atoms with E-state index in [2.05, 4.69) is 30.7 Å². The number of nitrogens with one attached hydrogen (secondary N) is 2. The number of carboxylic acid groups (broad SMARTS) is 1. The maximum atomic E-state index is 13.6. The molecule has 1 aliphatic carbocycles. The lowest BCUT2D eigenvalue weighted by Crippen LogP contribution is -2.36. The number of halogens is 1. The van der Waals surface area contributed by atoms with Crippen LogP contribution in [0.3, 0.4) is 0 Å². The van der Waals surface area contributed by atoms with Gasteiger partial charge in [-0.25, -0.2) is 19.2 Å². The standard InChI is InChI=1S/C24H27FN6O5/c1-13-27-18(11-19(28-13)23(32)26-12-15-5-8-17(25)20(9-15)35-2)22-30-21(36-31-22)10-14-3-6-16(7-4-14)29-24(33)34/h5,8-9,11,14,16,29H,3-4,6-7,10,12H2,1-2H3,(H,26,32)(H,33,34)/t14-,16-. The minimum Gasteiger partial charge on any atom is -0.494 e. The molecule has 3 aromatic rings. The molecular weight excluding hydrogens is 471 g/mol. The molecule has 0 saturated heterocycles. The van der Waals surface area contributed by atoms with Gasteiger partial charge in [-0.3, -0.25) is 4.79 Å². The van der Waals surface area contributed by atoms with Crippen molar-refractivity contribution < 1.29 is 28.3 Å². The van der Waals surface area contributed by atoms with Gasteiger partial charge in [0.1, 0.15) is 17.2 Å². The van der Waals surface area contributed by atoms with Crippen LogP contribution >= 0.6 is 0 Å². The number of carbonyl (C=O) groups is 2. The molecule has 0 unspecified atom stereocenters. The van der Waals surface area contributed by atoms with Crippen molar-refractivity contribution in [2.75, 3.05) is 7.11 Å². The van der Waals surface area contributed by atoms with Crippen molar-refractivity contribution in [3.05, 3.63) is 53.1 Å². The summed E-state index contributed by atoms with van der Waals surface area (Å²) >= 11 is 0. The Bertz CT molecular complexity index is 1240. The Hall–Kier alpha value is -4.09. The summed E-state index contributed by atoms with van der Waals surface area (Å²) < 4.78 is 24.0. The lowest BCUT2D eigenvalue weighted by atomic mass is 9.84. The molecule has 2 heterocycles. The lowest BCUT2D eigenvalue weighted by molar-refractivity contribution is 0.0945. The molecule has 36 heavy (non-hydrogen) atoms. The third-order valence-electron chi connectivity index (χ3n) is 6.07. The first-order chi connectivity index (χ1) is 17.3. The molecule has 1 aromatic carbocycles. The van der Waals surface area contributed by atoms with Crippen molar-refractivity contribution in [2.24, 2.45) is 5.92 Å². The Balaban J connectivity index is 1.38. The first kappa shape index (κ1) is 25.0. The number of methoxy groups -OCH3 is 1. The first-order valence-electron chi connectivity index (χ1n) is 11.6. The molecule has 2 amide bonds. The van der Waals surface area contributed by atoms with E-state index in [0.29, 0.717) is 35.3 Å². The van der Waals surface area contributed by atoms with E-state index in [9.17, 15) is 14.0 Å². The third kappa shape index (κ3) is 6.32. The Morgan fingerprint density at radius 1 is 1.17 bits per heavy atom. The number of amides is 2. The zero-order valence-electron chi connectivity index (χ0n) is 20.0. The summed E-state index contributed by atoms with van der Waals surface area (Å²) in [7, 11) is 1.37. The molecule has 1 aliphatic rings. The van der Waals surface area contributed by atoms with Gasteiger partial charge in [0.25, 0.3) is 5.91 Å². The monoisotopic (exact) mass is 498 g/mol. The predicted molar refractivity (Wildman–Crippen MR) is 125 cm³/mol. The first-order valence-corrected chi connectivity index (χ1v) is 11.6. The van der Waals surface area contributed by atoms with Crippen molar-refractivity contribution in [3.8, 4) is 17.3 Å². The molecule has 0 bridgehead atoms. The highest BCUT2D eigenvalue weighted by Gasteiger charge is 2.24. The molecule has 190 valence electrons. The molecule has 3 N–H and O–H groups in total. The second-order valence-corrected chi connectivity index (χ2v) is 8.72. The van der Waals surface area contributed by atoms with Gasteiger partial charge in [0, 0.05) is 19.0 Å². The number of hydrogen-bond donors (Lipinski definition) is 3. The van der Waals surface area contributed by atoms with Gasteiger partial charge in [-0.05, 0) is 62.3 Å². The summed E-state index contributed by atoms with van der Waals surface area (Å²) in [5.41, 5.74) is 1.17. The smallest absolute Gasteiger partial charge is 0.404 e. The maximum absolute atomic E-state index is 13.6. The minimum absolute atomic E-state index is 0.0179. The summed E-state index contributed by atoms with van der Waals surface area (Å²) in [4.78, 5) is 36.5. The lowest BCUT2D eigenvalue weighted by Gasteiger charge is -2.27. The van der Waals surface area contributed by atoms with Crippen LogP contribution in [0, 0.1) is 18.7 Å². The van der Waals surface area contributed by atoms with Crippen molar-refractivity contribution in [1.29, 1.82) is 0 Å². The number of rotatable bonds is 8. The number of benzene rings is 1. The van der Waals surface area contributed by atoms with E-state index in [0.717, 1.165) is 25.7 Å². The fourth-order valence-electron chi connectivity index (χ4n) is 4.26. The van der Waals surface area contributed by atoms with Gasteiger partial charge >= 0.3 is 6.09 Å². The Morgan fingerprint density at radius 3 is 2.67 bits per heavy atom. The minimum atomic E-state index is -0.996. The van der Waals surface area contributed by atoms with Gasteiger partial charge in [-0.2, -0.15) is 4.98 Å². The third-order valence-corrected chi connectivity index (χ3v) is 6.07. The van der Waals surface area contributed by atoms with Crippen LogP contribution in [-0.4, -0.2) is 50.4 Å². The van der Waals surface area contributed by atoms with Crippen LogP contribution in [0.5, 0.6) is 5.75 Å². The summed E-state index contributed by atoms with van der Waals surface area (Å²) in [5, 5.41) is 18.2. The van der Waals surface area contributed by atoms with E-state index in [-0.39, 0.29) is 29.9 Å². The maximum Gasteiger partial charge on any atom is 0.404 e. The molecule has 12 heteroatoms. The number of ether oxygens (including phenoxy) is 1.